The Morgan fingerprint density at radius 2 is 1.79 bits per heavy atom. The van der Waals surface area contributed by atoms with E-state index in [0.717, 1.165) is 37.1 Å². The van der Waals surface area contributed by atoms with Crippen LogP contribution in [0.1, 0.15) is 24.0 Å². The van der Waals surface area contributed by atoms with E-state index < -0.39 is 12.1 Å². The lowest BCUT2D eigenvalue weighted by Crippen LogP contribution is -2.58. The fraction of sp³-hybridized carbons (Fsp3) is 0.556. The van der Waals surface area contributed by atoms with E-state index in [0.29, 0.717) is 18.3 Å². The summed E-state index contributed by atoms with van der Waals surface area (Å²) in [4.78, 5) is 25.8. The molecule has 128 valence electrons. The molecule has 2 fully saturated rings. The monoisotopic (exact) mass is 329 g/mol. The third-order valence-corrected chi connectivity index (χ3v) is 5.84. The molecule has 3 atom stereocenters. The van der Waals surface area contributed by atoms with Crippen molar-refractivity contribution in [3.63, 3.8) is 0 Å². The lowest BCUT2D eigenvalue weighted by Gasteiger charge is -2.37. The molecule has 2 bridgehead atoms. The Bertz CT molecular complexity index is 647. The molecule has 1 aromatic rings. The predicted octanol–water partition coefficient (Wildman–Crippen LogP) is 1.21. The number of amides is 2. The molecule has 6 nitrogen and oxygen atoms in total. The van der Waals surface area contributed by atoms with Crippen molar-refractivity contribution in [1.82, 2.24) is 15.5 Å². The Morgan fingerprint density at radius 3 is 2.46 bits per heavy atom. The molecule has 1 saturated carbocycles. The van der Waals surface area contributed by atoms with Crippen molar-refractivity contribution in [2.45, 2.75) is 37.9 Å². The number of rotatable bonds is 2. The van der Waals surface area contributed by atoms with Crippen molar-refractivity contribution in [2.75, 3.05) is 13.1 Å². The first-order valence-corrected chi connectivity index (χ1v) is 8.71. The number of carboxylic acid groups (broad SMARTS) is 1. The van der Waals surface area contributed by atoms with E-state index in [2.05, 4.69) is 10.6 Å². The fourth-order valence-corrected chi connectivity index (χ4v) is 4.54. The van der Waals surface area contributed by atoms with Crippen LogP contribution in [0.3, 0.4) is 0 Å². The molecule has 1 saturated heterocycles. The standard InChI is InChI=1S/C18H23N3O3/c22-17(20-16-12-5-6-13(16)9-19-8-12)15-7-11-3-1-2-4-14(11)10-21(15)18(23)24/h1-4,12-13,15-16,19H,5-10H2,(H,20,22)(H,23,24). The van der Waals surface area contributed by atoms with Gasteiger partial charge in [0.05, 0.1) is 6.54 Å². The van der Waals surface area contributed by atoms with E-state index >= 15 is 0 Å². The SMILES string of the molecule is O=C(NC1C2CCC1CNC2)C1Cc2ccccc2CN1C(=O)O. The zero-order valence-corrected chi connectivity index (χ0v) is 13.6. The van der Waals surface area contributed by atoms with Crippen LogP contribution < -0.4 is 10.6 Å². The summed E-state index contributed by atoms with van der Waals surface area (Å²) in [5, 5.41) is 16.1. The quantitative estimate of drug-likeness (QED) is 0.762. The van der Waals surface area contributed by atoms with Gasteiger partial charge in [-0.3, -0.25) is 9.69 Å². The molecule has 6 heteroatoms. The molecule has 2 aliphatic heterocycles. The number of benzene rings is 1. The average molecular weight is 329 g/mol. The highest BCUT2D eigenvalue weighted by molar-refractivity contribution is 5.86. The van der Waals surface area contributed by atoms with Crippen LogP contribution in [0.15, 0.2) is 24.3 Å². The molecular formula is C18H23N3O3. The number of hydrogen-bond donors (Lipinski definition) is 3. The molecule has 24 heavy (non-hydrogen) atoms. The third kappa shape index (κ3) is 2.65. The Morgan fingerprint density at radius 1 is 1.12 bits per heavy atom. The summed E-state index contributed by atoms with van der Waals surface area (Å²) >= 11 is 0. The van der Waals surface area contributed by atoms with Gasteiger partial charge in [-0.15, -0.1) is 0 Å². The number of carbonyl (C=O) groups excluding carboxylic acids is 1. The maximum absolute atomic E-state index is 12.9. The fourth-order valence-electron chi connectivity index (χ4n) is 4.54. The molecule has 2 amide bonds. The maximum atomic E-state index is 12.9. The number of nitrogens with one attached hydrogen (secondary N) is 2. The zero-order chi connectivity index (χ0) is 16.7. The number of carbonyl (C=O) groups is 2. The topological polar surface area (TPSA) is 81.7 Å². The Balaban J connectivity index is 1.53. The summed E-state index contributed by atoms with van der Waals surface area (Å²) in [7, 11) is 0. The van der Waals surface area contributed by atoms with Crippen molar-refractivity contribution in [2.24, 2.45) is 11.8 Å². The predicted molar refractivity (Wildman–Crippen MR) is 88.5 cm³/mol. The Kier molecular flexibility index (Phi) is 3.92. The van der Waals surface area contributed by atoms with Crippen molar-refractivity contribution in [3.8, 4) is 0 Å². The molecule has 2 heterocycles. The van der Waals surface area contributed by atoms with Gasteiger partial charge in [0.25, 0.3) is 0 Å². The van der Waals surface area contributed by atoms with Gasteiger partial charge in [0.1, 0.15) is 6.04 Å². The van der Waals surface area contributed by atoms with Gasteiger partial charge in [0.2, 0.25) is 5.91 Å². The highest BCUT2D eigenvalue weighted by Crippen LogP contribution is 2.34. The largest absolute Gasteiger partial charge is 0.465 e. The summed E-state index contributed by atoms with van der Waals surface area (Å²) in [6, 6.07) is 7.33. The summed E-state index contributed by atoms with van der Waals surface area (Å²) in [5.41, 5.74) is 2.06. The second kappa shape index (κ2) is 6.09. The molecule has 0 aromatic heterocycles. The van der Waals surface area contributed by atoms with Gasteiger partial charge in [-0.05, 0) is 48.9 Å². The van der Waals surface area contributed by atoms with Gasteiger partial charge in [-0.2, -0.15) is 0 Å². The van der Waals surface area contributed by atoms with Crippen molar-refractivity contribution in [3.05, 3.63) is 35.4 Å². The van der Waals surface area contributed by atoms with Crippen LogP contribution in [-0.4, -0.2) is 47.2 Å². The van der Waals surface area contributed by atoms with Gasteiger partial charge >= 0.3 is 6.09 Å². The first kappa shape index (κ1) is 15.4. The summed E-state index contributed by atoms with van der Waals surface area (Å²) < 4.78 is 0. The molecule has 3 aliphatic rings. The number of nitrogens with zero attached hydrogens (tertiary/aromatic N) is 1. The van der Waals surface area contributed by atoms with Crippen LogP contribution in [0.2, 0.25) is 0 Å². The first-order chi connectivity index (χ1) is 11.6. The minimum Gasteiger partial charge on any atom is -0.465 e. The molecule has 1 aromatic carbocycles. The highest BCUT2D eigenvalue weighted by Gasteiger charge is 2.42. The summed E-state index contributed by atoms with van der Waals surface area (Å²) in [6.07, 6.45) is 1.70. The third-order valence-electron chi connectivity index (χ3n) is 5.84. The minimum atomic E-state index is -1.03. The van der Waals surface area contributed by atoms with Crippen LogP contribution in [0.25, 0.3) is 0 Å². The Hall–Kier alpha value is -2.08. The molecular weight excluding hydrogens is 306 g/mol. The van der Waals surface area contributed by atoms with Crippen LogP contribution in [-0.2, 0) is 17.8 Å². The van der Waals surface area contributed by atoms with Crippen molar-refractivity contribution >= 4 is 12.0 Å². The van der Waals surface area contributed by atoms with Gasteiger partial charge in [0.15, 0.2) is 0 Å². The second-order valence-corrected chi connectivity index (χ2v) is 7.19. The van der Waals surface area contributed by atoms with E-state index in [1.807, 2.05) is 24.3 Å². The van der Waals surface area contributed by atoms with Crippen LogP contribution in [0.5, 0.6) is 0 Å². The molecule has 0 spiro atoms. The van der Waals surface area contributed by atoms with Crippen molar-refractivity contribution < 1.29 is 14.7 Å². The van der Waals surface area contributed by atoms with E-state index in [1.54, 1.807) is 0 Å². The summed E-state index contributed by atoms with van der Waals surface area (Å²) in [5.74, 6) is 0.805. The molecule has 3 N–H and O–H groups in total. The number of piperidine rings is 1. The highest BCUT2D eigenvalue weighted by atomic mass is 16.4. The normalized spacial score (nSPS) is 31.4. The van der Waals surface area contributed by atoms with E-state index in [9.17, 15) is 14.7 Å². The van der Waals surface area contributed by atoms with E-state index in [4.69, 9.17) is 0 Å². The number of hydrogen-bond acceptors (Lipinski definition) is 3. The van der Waals surface area contributed by atoms with Crippen LogP contribution >= 0.6 is 0 Å². The number of fused-ring (bicyclic) bond motifs is 3. The van der Waals surface area contributed by atoms with Gasteiger partial charge in [-0.25, -0.2) is 4.79 Å². The van der Waals surface area contributed by atoms with E-state index in [1.165, 1.54) is 4.90 Å². The summed E-state index contributed by atoms with van der Waals surface area (Å²) in [6.45, 7) is 2.16. The van der Waals surface area contributed by atoms with Gasteiger partial charge < -0.3 is 15.7 Å². The first-order valence-electron chi connectivity index (χ1n) is 8.71. The van der Waals surface area contributed by atoms with Crippen molar-refractivity contribution in [1.29, 1.82) is 0 Å². The molecule has 4 rings (SSSR count). The second-order valence-electron chi connectivity index (χ2n) is 7.19. The molecule has 3 unspecified atom stereocenters. The minimum absolute atomic E-state index is 0.143. The van der Waals surface area contributed by atoms with Crippen LogP contribution in [0, 0.1) is 11.8 Å². The van der Waals surface area contributed by atoms with Gasteiger partial charge in [0, 0.05) is 12.5 Å². The zero-order valence-electron chi connectivity index (χ0n) is 13.6. The van der Waals surface area contributed by atoms with Gasteiger partial charge in [-0.1, -0.05) is 24.3 Å². The maximum Gasteiger partial charge on any atom is 0.408 e. The van der Waals surface area contributed by atoms with Crippen LogP contribution in [0.4, 0.5) is 4.79 Å². The smallest absolute Gasteiger partial charge is 0.408 e. The lowest BCUT2D eigenvalue weighted by molar-refractivity contribution is -0.127. The Labute approximate surface area is 141 Å². The van der Waals surface area contributed by atoms with E-state index in [-0.39, 0.29) is 18.5 Å². The molecule has 0 radical (unpaired) electrons. The molecule has 1 aliphatic carbocycles. The average Bonchev–Trinajstić information content (AvgIpc) is 2.81. The lowest BCUT2D eigenvalue weighted by atomic mass is 9.91.